The molecule has 17 heavy (non-hydrogen) atoms. The van der Waals surface area contributed by atoms with Gasteiger partial charge in [-0.05, 0) is 25.0 Å². The topological polar surface area (TPSA) is 53.4 Å². The zero-order valence-corrected chi connectivity index (χ0v) is 9.67. The first-order chi connectivity index (χ1) is 8.24. The molecule has 0 radical (unpaired) electrons. The average molecular weight is 232 g/mol. The third-order valence-corrected chi connectivity index (χ3v) is 2.94. The normalized spacial score (nSPS) is 16.8. The van der Waals surface area contributed by atoms with Crippen LogP contribution in [0.25, 0.3) is 0 Å². The maximum atomic E-state index is 10.5. The van der Waals surface area contributed by atoms with Crippen LogP contribution in [0.1, 0.15) is 18.5 Å². The van der Waals surface area contributed by atoms with Gasteiger partial charge in [-0.1, -0.05) is 11.6 Å². The summed E-state index contributed by atoms with van der Waals surface area (Å²) in [5.74, 6) is -0.835. The van der Waals surface area contributed by atoms with Crippen molar-refractivity contribution in [3.8, 4) is 0 Å². The predicted molar refractivity (Wildman–Crippen MR) is 64.5 cm³/mol. The highest BCUT2D eigenvalue weighted by Crippen LogP contribution is 2.17. The highest BCUT2D eigenvalue weighted by molar-refractivity contribution is 5.80. The van der Waals surface area contributed by atoms with Crippen LogP contribution >= 0.6 is 0 Å². The number of nitrogens with zero attached hydrogens (tertiary/aromatic N) is 2. The molecule has 0 atom stereocenters. The number of hydrogen-bond donors (Lipinski definition) is 1. The number of piperidine rings is 1. The van der Waals surface area contributed by atoms with Crippen molar-refractivity contribution in [1.29, 1.82) is 0 Å². The van der Waals surface area contributed by atoms with E-state index in [1.54, 1.807) is 6.20 Å². The summed E-state index contributed by atoms with van der Waals surface area (Å²) >= 11 is 0. The Morgan fingerprint density at radius 3 is 2.76 bits per heavy atom. The summed E-state index contributed by atoms with van der Waals surface area (Å²) in [4.78, 5) is 17.1. The van der Waals surface area contributed by atoms with Crippen LogP contribution in [0.5, 0.6) is 0 Å². The quantitative estimate of drug-likeness (QED) is 0.806. The summed E-state index contributed by atoms with van der Waals surface area (Å²) in [6.07, 6.45) is 4.84. The Labute approximate surface area is 101 Å². The van der Waals surface area contributed by atoms with E-state index in [1.165, 1.54) is 6.08 Å². The summed E-state index contributed by atoms with van der Waals surface area (Å²) in [7, 11) is 0. The second-order valence-corrected chi connectivity index (χ2v) is 4.24. The van der Waals surface area contributed by atoms with Crippen molar-refractivity contribution in [2.24, 2.45) is 0 Å². The number of aliphatic carboxylic acids is 1. The molecule has 1 aromatic heterocycles. The Balaban J connectivity index is 1.86. The summed E-state index contributed by atoms with van der Waals surface area (Å²) in [5.41, 5.74) is 2.10. The molecule has 0 spiro atoms. The van der Waals surface area contributed by atoms with Crippen molar-refractivity contribution in [3.63, 3.8) is 0 Å². The second kappa shape index (κ2) is 5.59. The van der Waals surface area contributed by atoms with Gasteiger partial charge in [0.05, 0.1) is 5.69 Å². The molecule has 90 valence electrons. The van der Waals surface area contributed by atoms with Gasteiger partial charge in [0.2, 0.25) is 0 Å². The molecule has 0 aliphatic carbocycles. The van der Waals surface area contributed by atoms with Crippen LogP contribution in [-0.4, -0.2) is 34.0 Å². The van der Waals surface area contributed by atoms with Gasteiger partial charge in [0.1, 0.15) is 0 Å². The number of aromatic nitrogens is 1. The minimum Gasteiger partial charge on any atom is -0.478 e. The Kier molecular flexibility index (Phi) is 3.88. The Morgan fingerprint density at radius 2 is 2.18 bits per heavy atom. The van der Waals surface area contributed by atoms with Gasteiger partial charge >= 0.3 is 5.97 Å². The number of rotatable bonds is 3. The third-order valence-electron chi connectivity index (χ3n) is 2.94. The van der Waals surface area contributed by atoms with Crippen molar-refractivity contribution >= 4 is 5.97 Å². The Bertz CT molecular complexity index is 405. The Morgan fingerprint density at radius 1 is 1.41 bits per heavy atom. The van der Waals surface area contributed by atoms with Gasteiger partial charge in [0.25, 0.3) is 0 Å². The van der Waals surface area contributed by atoms with Crippen LogP contribution in [0.15, 0.2) is 36.0 Å². The molecule has 1 aliphatic heterocycles. The third kappa shape index (κ3) is 3.67. The van der Waals surface area contributed by atoms with E-state index in [0.29, 0.717) is 0 Å². The highest BCUT2D eigenvalue weighted by atomic mass is 16.4. The van der Waals surface area contributed by atoms with Gasteiger partial charge < -0.3 is 5.11 Å². The van der Waals surface area contributed by atoms with E-state index < -0.39 is 5.97 Å². The highest BCUT2D eigenvalue weighted by Gasteiger charge is 2.14. The first-order valence-corrected chi connectivity index (χ1v) is 5.78. The summed E-state index contributed by atoms with van der Waals surface area (Å²) in [6, 6.07) is 5.91. The fourth-order valence-corrected chi connectivity index (χ4v) is 2.04. The van der Waals surface area contributed by atoms with Crippen LogP contribution in [0.2, 0.25) is 0 Å². The van der Waals surface area contributed by atoms with Crippen LogP contribution in [0.3, 0.4) is 0 Å². The lowest BCUT2D eigenvalue weighted by Crippen LogP contribution is -2.30. The van der Waals surface area contributed by atoms with Gasteiger partial charge in [-0.15, -0.1) is 0 Å². The molecule has 4 nitrogen and oxygen atoms in total. The minimum absolute atomic E-state index is 0.835. The zero-order chi connectivity index (χ0) is 12.1. The molecule has 1 aromatic rings. The predicted octanol–water partition coefficient (Wildman–Crippen LogP) is 1.69. The second-order valence-electron chi connectivity index (χ2n) is 4.24. The number of carboxylic acids is 1. The summed E-state index contributed by atoms with van der Waals surface area (Å²) in [6.45, 7) is 2.67. The van der Waals surface area contributed by atoms with Crippen molar-refractivity contribution in [2.45, 2.75) is 19.4 Å². The molecule has 1 aliphatic rings. The van der Waals surface area contributed by atoms with Gasteiger partial charge in [-0.2, -0.15) is 0 Å². The van der Waals surface area contributed by atoms with Crippen LogP contribution in [0.4, 0.5) is 0 Å². The van der Waals surface area contributed by atoms with E-state index >= 15 is 0 Å². The average Bonchev–Trinajstić information content (AvgIpc) is 2.32. The molecule has 0 unspecified atom stereocenters. The molecule has 0 aromatic carbocycles. The van der Waals surface area contributed by atoms with Crippen molar-refractivity contribution in [2.75, 3.05) is 13.1 Å². The van der Waals surface area contributed by atoms with Crippen LogP contribution < -0.4 is 0 Å². The van der Waals surface area contributed by atoms with Gasteiger partial charge in [0, 0.05) is 31.9 Å². The molecule has 0 bridgehead atoms. The molecule has 0 saturated carbocycles. The molecule has 2 heterocycles. The van der Waals surface area contributed by atoms with Crippen molar-refractivity contribution in [1.82, 2.24) is 9.88 Å². The van der Waals surface area contributed by atoms with E-state index in [0.717, 1.165) is 43.7 Å². The maximum absolute atomic E-state index is 10.5. The zero-order valence-electron chi connectivity index (χ0n) is 9.67. The fourth-order valence-electron chi connectivity index (χ4n) is 2.04. The largest absolute Gasteiger partial charge is 0.478 e. The molecular formula is C13H16N2O2. The lowest BCUT2D eigenvalue weighted by Gasteiger charge is -2.27. The monoisotopic (exact) mass is 232 g/mol. The fraction of sp³-hybridized carbons (Fsp3) is 0.385. The van der Waals surface area contributed by atoms with Gasteiger partial charge in [-0.25, -0.2) is 4.79 Å². The van der Waals surface area contributed by atoms with Crippen molar-refractivity contribution in [3.05, 3.63) is 41.7 Å². The lowest BCUT2D eigenvalue weighted by atomic mass is 10.0. The number of likely N-dealkylation sites (tertiary alicyclic amines) is 1. The maximum Gasteiger partial charge on any atom is 0.328 e. The van der Waals surface area contributed by atoms with E-state index in [-0.39, 0.29) is 0 Å². The van der Waals surface area contributed by atoms with E-state index in [2.05, 4.69) is 9.88 Å². The molecule has 4 heteroatoms. The van der Waals surface area contributed by atoms with Crippen molar-refractivity contribution < 1.29 is 9.90 Å². The molecule has 0 amide bonds. The van der Waals surface area contributed by atoms with Crippen LogP contribution in [0, 0.1) is 0 Å². The Hall–Kier alpha value is -1.68. The van der Waals surface area contributed by atoms with Gasteiger partial charge in [-0.3, -0.25) is 9.88 Å². The smallest absolute Gasteiger partial charge is 0.328 e. The van der Waals surface area contributed by atoms with E-state index in [9.17, 15) is 4.79 Å². The standard InChI is InChI=1S/C13H16N2O2/c16-13(17)9-11-4-7-15(8-5-11)10-12-3-1-2-6-14-12/h1-3,6,9H,4-5,7-8,10H2,(H,16,17). The first kappa shape index (κ1) is 11.8. The molecular weight excluding hydrogens is 216 g/mol. The number of carboxylic acid groups (broad SMARTS) is 1. The number of hydrogen-bond acceptors (Lipinski definition) is 3. The van der Waals surface area contributed by atoms with E-state index in [1.807, 2.05) is 18.2 Å². The number of carbonyl (C=O) groups is 1. The molecule has 1 N–H and O–H groups in total. The molecule has 1 fully saturated rings. The molecule has 1 saturated heterocycles. The van der Waals surface area contributed by atoms with Gasteiger partial charge in [0.15, 0.2) is 0 Å². The summed E-state index contributed by atoms with van der Waals surface area (Å²) < 4.78 is 0. The minimum atomic E-state index is -0.835. The number of pyridine rings is 1. The molecule has 2 rings (SSSR count). The lowest BCUT2D eigenvalue weighted by molar-refractivity contribution is -0.131. The van der Waals surface area contributed by atoms with Crippen LogP contribution in [-0.2, 0) is 11.3 Å². The summed E-state index contributed by atoms with van der Waals surface area (Å²) in [5, 5.41) is 8.67. The first-order valence-electron chi connectivity index (χ1n) is 5.78. The SMILES string of the molecule is O=C(O)C=C1CCN(Cc2ccccn2)CC1. The van der Waals surface area contributed by atoms with E-state index in [4.69, 9.17) is 5.11 Å².